The number of aromatic nitrogens is 2. The highest BCUT2D eigenvalue weighted by Crippen LogP contribution is 2.31. The van der Waals surface area contributed by atoms with Gasteiger partial charge in [0, 0.05) is 29.4 Å². The third kappa shape index (κ3) is 4.34. The summed E-state index contributed by atoms with van der Waals surface area (Å²) >= 11 is 0. The van der Waals surface area contributed by atoms with Crippen LogP contribution in [0.1, 0.15) is 31.8 Å². The van der Waals surface area contributed by atoms with Crippen LogP contribution in [0.25, 0.3) is 5.69 Å². The van der Waals surface area contributed by atoms with Gasteiger partial charge in [-0.3, -0.25) is 9.59 Å². The minimum atomic E-state index is -0.330. The Morgan fingerprint density at radius 2 is 1.61 bits per heavy atom. The zero-order valence-electron chi connectivity index (χ0n) is 17.7. The third-order valence-corrected chi connectivity index (χ3v) is 5.33. The number of benzene rings is 3. The summed E-state index contributed by atoms with van der Waals surface area (Å²) in [6.07, 6.45) is 3.57. The molecule has 0 spiro atoms. The van der Waals surface area contributed by atoms with Gasteiger partial charge in [0.2, 0.25) is 0 Å². The van der Waals surface area contributed by atoms with Gasteiger partial charge < -0.3 is 14.8 Å². The zero-order chi connectivity index (χ0) is 22.6. The largest absolute Gasteiger partial charge is 0.486 e. The predicted octanol–water partition coefficient (Wildman–Crippen LogP) is 3.80. The topological polar surface area (TPSA) is 82.5 Å². The van der Waals surface area contributed by atoms with Gasteiger partial charge in [0.15, 0.2) is 17.3 Å². The fourth-order valence-electron chi connectivity index (χ4n) is 3.67. The van der Waals surface area contributed by atoms with Crippen molar-refractivity contribution in [1.29, 1.82) is 0 Å². The van der Waals surface area contributed by atoms with Crippen molar-refractivity contribution in [3.05, 3.63) is 107 Å². The van der Waals surface area contributed by atoms with Gasteiger partial charge in [0.05, 0.1) is 17.4 Å². The standard InChI is InChI=1S/C26H21N3O4/c30-25(19-10-11-23-24(14-19)33-13-12-32-23)21-8-4-5-9-22(21)26(31)27-15-18-16-28-29(17-18)20-6-2-1-3-7-20/h1-11,14,16-17H,12-13,15H2,(H,27,31). The first-order chi connectivity index (χ1) is 16.2. The van der Waals surface area contributed by atoms with Crippen LogP contribution in [-0.2, 0) is 6.54 Å². The molecule has 3 aromatic carbocycles. The number of ether oxygens (including phenoxy) is 2. The molecular formula is C26H21N3O4. The number of carbonyl (C=O) groups is 2. The lowest BCUT2D eigenvalue weighted by atomic mass is 9.97. The van der Waals surface area contributed by atoms with Gasteiger partial charge in [-0.2, -0.15) is 5.10 Å². The van der Waals surface area contributed by atoms with E-state index < -0.39 is 0 Å². The molecule has 1 N–H and O–H groups in total. The highest BCUT2D eigenvalue weighted by atomic mass is 16.6. The summed E-state index contributed by atoms with van der Waals surface area (Å²) in [5.74, 6) is 0.558. The second-order valence-corrected chi connectivity index (χ2v) is 7.54. The average Bonchev–Trinajstić information content (AvgIpc) is 3.36. The molecule has 0 saturated heterocycles. The Balaban J connectivity index is 1.32. The summed E-state index contributed by atoms with van der Waals surface area (Å²) in [4.78, 5) is 26.2. The molecule has 1 amide bonds. The summed E-state index contributed by atoms with van der Waals surface area (Å²) in [5.41, 5.74) is 2.86. The molecule has 7 heteroatoms. The van der Waals surface area contributed by atoms with E-state index in [-0.39, 0.29) is 18.2 Å². The Kier molecular flexibility index (Phi) is 5.59. The number of hydrogen-bond donors (Lipinski definition) is 1. The van der Waals surface area contributed by atoms with Crippen LogP contribution < -0.4 is 14.8 Å². The van der Waals surface area contributed by atoms with Crippen LogP contribution in [0.2, 0.25) is 0 Å². The van der Waals surface area contributed by atoms with Crippen LogP contribution in [0.3, 0.4) is 0 Å². The summed E-state index contributed by atoms with van der Waals surface area (Å²) in [7, 11) is 0. The van der Waals surface area contributed by atoms with E-state index in [0.29, 0.717) is 41.4 Å². The van der Waals surface area contributed by atoms with Crippen molar-refractivity contribution in [1.82, 2.24) is 15.1 Å². The summed E-state index contributed by atoms with van der Waals surface area (Å²) in [5, 5.41) is 7.23. The minimum absolute atomic E-state index is 0.255. The first kappa shape index (κ1) is 20.5. The van der Waals surface area contributed by atoms with E-state index >= 15 is 0 Å². The molecule has 7 nitrogen and oxygen atoms in total. The molecule has 0 saturated carbocycles. The number of nitrogens with one attached hydrogen (secondary N) is 1. The lowest BCUT2D eigenvalue weighted by molar-refractivity contribution is 0.0939. The Morgan fingerprint density at radius 3 is 2.42 bits per heavy atom. The molecular weight excluding hydrogens is 418 g/mol. The van der Waals surface area contributed by atoms with Gasteiger partial charge in [-0.15, -0.1) is 0 Å². The number of para-hydroxylation sites is 1. The van der Waals surface area contributed by atoms with Gasteiger partial charge in [-0.25, -0.2) is 4.68 Å². The number of amides is 1. The monoisotopic (exact) mass is 439 g/mol. The first-order valence-corrected chi connectivity index (χ1v) is 10.6. The molecule has 5 rings (SSSR count). The van der Waals surface area contributed by atoms with Crippen LogP contribution >= 0.6 is 0 Å². The van der Waals surface area contributed by atoms with Crippen LogP contribution in [0, 0.1) is 0 Å². The van der Waals surface area contributed by atoms with Crippen LogP contribution in [0.15, 0.2) is 85.2 Å². The molecule has 164 valence electrons. The maximum absolute atomic E-state index is 13.2. The summed E-state index contributed by atoms with van der Waals surface area (Å²) in [6, 6.07) is 21.6. The maximum Gasteiger partial charge on any atom is 0.252 e. The quantitative estimate of drug-likeness (QED) is 0.462. The van der Waals surface area contributed by atoms with E-state index in [4.69, 9.17) is 9.47 Å². The van der Waals surface area contributed by atoms with Crippen LogP contribution in [0.5, 0.6) is 11.5 Å². The number of hydrogen-bond acceptors (Lipinski definition) is 5. The summed E-state index contributed by atoms with van der Waals surface area (Å²) in [6.45, 7) is 1.20. The fraction of sp³-hybridized carbons (Fsp3) is 0.115. The van der Waals surface area contributed by atoms with Crippen molar-refractivity contribution in [2.24, 2.45) is 0 Å². The van der Waals surface area contributed by atoms with Gasteiger partial charge in [0.1, 0.15) is 13.2 Å². The molecule has 1 aliphatic heterocycles. The van der Waals surface area contributed by atoms with Gasteiger partial charge in [-0.1, -0.05) is 36.4 Å². The highest BCUT2D eigenvalue weighted by Gasteiger charge is 2.20. The Bertz CT molecular complexity index is 1310. The van der Waals surface area contributed by atoms with E-state index in [1.54, 1.807) is 53.3 Å². The normalized spacial score (nSPS) is 12.2. The molecule has 0 unspecified atom stereocenters. The molecule has 0 atom stereocenters. The van der Waals surface area contributed by atoms with Crippen molar-refractivity contribution in [3.8, 4) is 17.2 Å². The van der Waals surface area contributed by atoms with Crippen molar-refractivity contribution in [2.45, 2.75) is 6.54 Å². The van der Waals surface area contributed by atoms with E-state index in [2.05, 4.69) is 10.4 Å². The van der Waals surface area contributed by atoms with Gasteiger partial charge in [-0.05, 0) is 36.4 Å². The number of carbonyl (C=O) groups excluding carboxylic acids is 2. The summed E-state index contributed by atoms with van der Waals surface area (Å²) < 4.78 is 12.9. The average molecular weight is 439 g/mol. The van der Waals surface area contributed by atoms with E-state index in [0.717, 1.165) is 11.3 Å². The maximum atomic E-state index is 13.2. The lowest BCUT2D eigenvalue weighted by Gasteiger charge is -2.18. The number of rotatable bonds is 6. The Morgan fingerprint density at radius 1 is 0.879 bits per heavy atom. The SMILES string of the molecule is O=C(NCc1cnn(-c2ccccc2)c1)c1ccccc1C(=O)c1ccc2c(c1)OCCO2. The van der Waals surface area contributed by atoms with E-state index in [9.17, 15) is 9.59 Å². The fourth-order valence-corrected chi connectivity index (χ4v) is 3.67. The van der Waals surface area contributed by atoms with Crippen LogP contribution in [-0.4, -0.2) is 34.7 Å². The Labute approximate surface area is 190 Å². The highest BCUT2D eigenvalue weighted by molar-refractivity contribution is 6.15. The van der Waals surface area contributed by atoms with Gasteiger partial charge in [0.25, 0.3) is 5.91 Å². The third-order valence-electron chi connectivity index (χ3n) is 5.33. The number of nitrogens with zero attached hydrogens (tertiary/aromatic N) is 2. The van der Waals surface area contributed by atoms with Crippen molar-refractivity contribution in [3.63, 3.8) is 0 Å². The number of fused-ring (bicyclic) bond motifs is 1. The molecule has 4 aromatic rings. The molecule has 0 fully saturated rings. The van der Waals surface area contributed by atoms with Crippen molar-refractivity contribution in [2.75, 3.05) is 13.2 Å². The second-order valence-electron chi connectivity index (χ2n) is 7.54. The lowest BCUT2D eigenvalue weighted by Crippen LogP contribution is -2.25. The predicted molar refractivity (Wildman–Crippen MR) is 122 cm³/mol. The molecule has 2 heterocycles. The molecule has 0 radical (unpaired) electrons. The molecule has 0 bridgehead atoms. The van der Waals surface area contributed by atoms with E-state index in [1.165, 1.54) is 0 Å². The molecule has 1 aromatic heterocycles. The second kappa shape index (κ2) is 9.00. The number of ketones is 1. The van der Waals surface area contributed by atoms with Crippen molar-refractivity contribution >= 4 is 11.7 Å². The first-order valence-electron chi connectivity index (χ1n) is 10.6. The van der Waals surface area contributed by atoms with Gasteiger partial charge >= 0.3 is 0 Å². The zero-order valence-corrected chi connectivity index (χ0v) is 17.7. The molecule has 1 aliphatic rings. The smallest absolute Gasteiger partial charge is 0.252 e. The van der Waals surface area contributed by atoms with Crippen LogP contribution in [0.4, 0.5) is 0 Å². The Hall–Kier alpha value is -4.39. The molecule has 0 aliphatic carbocycles. The van der Waals surface area contributed by atoms with Crippen molar-refractivity contribution < 1.29 is 19.1 Å². The van der Waals surface area contributed by atoms with E-state index in [1.807, 2.05) is 36.5 Å². The molecule has 33 heavy (non-hydrogen) atoms. The minimum Gasteiger partial charge on any atom is -0.486 e.